The van der Waals surface area contributed by atoms with E-state index in [4.69, 9.17) is 4.74 Å². The zero-order valence-electron chi connectivity index (χ0n) is 7.05. The van der Waals surface area contributed by atoms with Gasteiger partial charge >= 0.3 is 0 Å². The molecule has 3 heteroatoms. The van der Waals surface area contributed by atoms with Crippen molar-refractivity contribution in [2.75, 3.05) is 26.8 Å². The summed E-state index contributed by atoms with van der Waals surface area (Å²) in [6.45, 7) is 3.10. The maximum Gasteiger partial charge on any atom is 0.0636 e. The van der Waals surface area contributed by atoms with Gasteiger partial charge in [-0.2, -0.15) is 0 Å². The summed E-state index contributed by atoms with van der Waals surface area (Å²) < 4.78 is 5.49. The Kier molecular flexibility index (Phi) is 2.11. The van der Waals surface area contributed by atoms with Crippen molar-refractivity contribution >= 4 is 0 Å². The van der Waals surface area contributed by atoms with E-state index in [9.17, 15) is 0 Å². The molecule has 2 atom stereocenters. The van der Waals surface area contributed by atoms with Gasteiger partial charge in [-0.1, -0.05) is 0 Å². The Bertz CT molecular complexity index is 140. The molecule has 0 saturated carbocycles. The van der Waals surface area contributed by atoms with Crippen LogP contribution < -0.4 is 5.43 Å². The van der Waals surface area contributed by atoms with Gasteiger partial charge in [0.2, 0.25) is 0 Å². The third kappa shape index (κ3) is 1.41. The molecule has 0 aromatic rings. The lowest BCUT2D eigenvalue weighted by Crippen LogP contribution is -2.53. The van der Waals surface area contributed by atoms with E-state index in [0.29, 0.717) is 6.04 Å². The second-order valence-electron chi connectivity index (χ2n) is 3.50. The third-order valence-corrected chi connectivity index (χ3v) is 2.78. The second kappa shape index (κ2) is 3.09. The molecule has 0 spiro atoms. The molecular weight excluding hydrogens is 140 g/mol. The summed E-state index contributed by atoms with van der Waals surface area (Å²) in [6, 6.07) is 0.632. The number of ether oxygens (including phenoxy) is 1. The number of hydrazine groups is 1. The number of rotatable bonds is 1. The summed E-state index contributed by atoms with van der Waals surface area (Å²) in [5.74, 6) is 0.832. The Balaban J connectivity index is 1.97. The van der Waals surface area contributed by atoms with Crippen LogP contribution in [0.4, 0.5) is 0 Å². The molecule has 11 heavy (non-hydrogen) atoms. The molecule has 64 valence electrons. The fourth-order valence-corrected chi connectivity index (χ4v) is 2.11. The number of hydrogen-bond acceptors (Lipinski definition) is 3. The molecule has 2 heterocycles. The maximum absolute atomic E-state index is 5.49. The Morgan fingerprint density at radius 3 is 3.18 bits per heavy atom. The standard InChI is InChI=1S/C8H16N2O/c1-9-10-3-2-7-4-8(10)6-11-5-7/h7-9H,2-6H2,1H3. The summed E-state index contributed by atoms with van der Waals surface area (Å²) >= 11 is 0. The van der Waals surface area contributed by atoms with Crippen LogP contribution in [0.15, 0.2) is 0 Å². The highest BCUT2D eigenvalue weighted by molar-refractivity contribution is 4.82. The van der Waals surface area contributed by atoms with Gasteiger partial charge in [-0.15, -0.1) is 0 Å². The van der Waals surface area contributed by atoms with Crippen molar-refractivity contribution in [3.05, 3.63) is 0 Å². The van der Waals surface area contributed by atoms with Crippen LogP contribution in [-0.2, 0) is 4.74 Å². The van der Waals surface area contributed by atoms with E-state index < -0.39 is 0 Å². The van der Waals surface area contributed by atoms with Gasteiger partial charge in [0.25, 0.3) is 0 Å². The van der Waals surface area contributed by atoms with Crippen molar-refractivity contribution in [3.8, 4) is 0 Å². The van der Waals surface area contributed by atoms with E-state index >= 15 is 0 Å². The topological polar surface area (TPSA) is 24.5 Å². The van der Waals surface area contributed by atoms with Crippen molar-refractivity contribution in [1.82, 2.24) is 10.4 Å². The lowest BCUT2D eigenvalue weighted by molar-refractivity contribution is -0.0629. The number of nitrogens with one attached hydrogen (secondary N) is 1. The summed E-state index contributed by atoms with van der Waals surface area (Å²) in [5, 5.41) is 2.30. The number of fused-ring (bicyclic) bond motifs is 2. The summed E-state index contributed by atoms with van der Waals surface area (Å²) in [5.41, 5.74) is 3.21. The number of piperidine rings is 1. The molecule has 3 nitrogen and oxygen atoms in total. The number of nitrogens with zero attached hydrogens (tertiary/aromatic N) is 1. The Hall–Kier alpha value is -0.120. The molecule has 0 radical (unpaired) electrons. The normalized spacial score (nSPS) is 39.0. The summed E-state index contributed by atoms with van der Waals surface area (Å²) in [4.78, 5) is 0. The van der Waals surface area contributed by atoms with Crippen molar-refractivity contribution in [2.45, 2.75) is 18.9 Å². The predicted molar refractivity (Wildman–Crippen MR) is 43.1 cm³/mol. The molecule has 0 aromatic heterocycles. The smallest absolute Gasteiger partial charge is 0.0636 e. The first-order valence-electron chi connectivity index (χ1n) is 4.42. The molecule has 2 unspecified atom stereocenters. The van der Waals surface area contributed by atoms with Gasteiger partial charge in [-0.25, -0.2) is 5.01 Å². The van der Waals surface area contributed by atoms with Crippen LogP contribution in [0.3, 0.4) is 0 Å². The van der Waals surface area contributed by atoms with Gasteiger partial charge in [0.05, 0.1) is 6.61 Å². The van der Waals surface area contributed by atoms with E-state index in [1.807, 2.05) is 7.05 Å². The van der Waals surface area contributed by atoms with Crippen LogP contribution in [-0.4, -0.2) is 37.9 Å². The highest BCUT2D eigenvalue weighted by atomic mass is 16.5. The maximum atomic E-state index is 5.49. The van der Waals surface area contributed by atoms with Crippen molar-refractivity contribution < 1.29 is 4.74 Å². The molecule has 2 bridgehead atoms. The molecule has 0 amide bonds. The zero-order valence-corrected chi connectivity index (χ0v) is 7.05. The lowest BCUT2D eigenvalue weighted by Gasteiger charge is -2.42. The Morgan fingerprint density at radius 1 is 1.45 bits per heavy atom. The van der Waals surface area contributed by atoms with Crippen molar-refractivity contribution in [1.29, 1.82) is 0 Å². The Morgan fingerprint density at radius 2 is 2.36 bits per heavy atom. The monoisotopic (exact) mass is 156 g/mol. The molecule has 1 N–H and O–H groups in total. The van der Waals surface area contributed by atoms with E-state index in [1.165, 1.54) is 19.4 Å². The van der Waals surface area contributed by atoms with Gasteiger partial charge in [0.15, 0.2) is 0 Å². The second-order valence-corrected chi connectivity index (χ2v) is 3.50. The van der Waals surface area contributed by atoms with E-state index in [2.05, 4.69) is 10.4 Å². The highest BCUT2D eigenvalue weighted by Gasteiger charge is 2.31. The van der Waals surface area contributed by atoms with E-state index in [1.54, 1.807) is 0 Å². The molecule has 0 aliphatic carbocycles. The molecule has 2 aliphatic rings. The quantitative estimate of drug-likeness (QED) is 0.588. The first kappa shape index (κ1) is 7.53. The molecular formula is C8H16N2O. The van der Waals surface area contributed by atoms with E-state index in [-0.39, 0.29) is 0 Å². The van der Waals surface area contributed by atoms with Crippen LogP contribution in [0.2, 0.25) is 0 Å². The van der Waals surface area contributed by atoms with Gasteiger partial charge in [-0.3, -0.25) is 5.43 Å². The Labute approximate surface area is 67.7 Å². The third-order valence-electron chi connectivity index (χ3n) is 2.78. The predicted octanol–water partition coefficient (Wildman–Crippen LogP) is 0.232. The van der Waals surface area contributed by atoms with E-state index in [0.717, 1.165) is 19.1 Å². The average molecular weight is 156 g/mol. The summed E-state index contributed by atoms with van der Waals surface area (Å²) in [7, 11) is 1.99. The lowest BCUT2D eigenvalue weighted by atomic mass is 9.91. The molecule has 2 aliphatic heterocycles. The SMILES string of the molecule is CNN1CCC2COCC1C2. The van der Waals surface area contributed by atoms with Crippen LogP contribution in [0.5, 0.6) is 0 Å². The first-order valence-corrected chi connectivity index (χ1v) is 4.42. The minimum atomic E-state index is 0.632. The highest BCUT2D eigenvalue weighted by Crippen LogP contribution is 2.25. The van der Waals surface area contributed by atoms with Crippen molar-refractivity contribution in [2.24, 2.45) is 5.92 Å². The van der Waals surface area contributed by atoms with Gasteiger partial charge in [0.1, 0.15) is 0 Å². The van der Waals surface area contributed by atoms with Crippen LogP contribution in [0.25, 0.3) is 0 Å². The average Bonchev–Trinajstić information content (AvgIpc) is 2.06. The van der Waals surface area contributed by atoms with Gasteiger partial charge in [-0.05, 0) is 25.8 Å². The minimum Gasteiger partial charge on any atom is -0.379 e. The number of hydrogen-bond donors (Lipinski definition) is 1. The molecule has 2 saturated heterocycles. The van der Waals surface area contributed by atoms with Crippen LogP contribution in [0.1, 0.15) is 12.8 Å². The zero-order chi connectivity index (χ0) is 7.68. The largest absolute Gasteiger partial charge is 0.379 e. The van der Waals surface area contributed by atoms with Gasteiger partial charge in [0, 0.05) is 19.2 Å². The molecule has 2 rings (SSSR count). The fourth-order valence-electron chi connectivity index (χ4n) is 2.11. The fraction of sp³-hybridized carbons (Fsp3) is 1.00. The molecule has 2 fully saturated rings. The minimum absolute atomic E-state index is 0.632. The van der Waals surface area contributed by atoms with Crippen LogP contribution >= 0.6 is 0 Å². The first-order chi connectivity index (χ1) is 5.40. The van der Waals surface area contributed by atoms with Crippen molar-refractivity contribution in [3.63, 3.8) is 0 Å². The van der Waals surface area contributed by atoms with Gasteiger partial charge < -0.3 is 4.74 Å². The van der Waals surface area contributed by atoms with Crippen LogP contribution in [0, 0.1) is 5.92 Å². The molecule has 0 aromatic carbocycles. The summed E-state index contributed by atoms with van der Waals surface area (Å²) in [6.07, 6.45) is 2.61.